The average molecular weight is 318 g/mol. The van der Waals surface area contributed by atoms with Gasteiger partial charge in [-0.3, -0.25) is 4.90 Å². The lowest BCUT2D eigenvalue weighted by Gasteiger charge is -2.29. The molecule has 1 fully saturated rings. The first-order valence-corrected chi connectivity index (χ1v) is 9.87. The fraction of sp³-hybridized carbons (Fsp3) is 0.444. The van der Waals surface area contributed by atoms with Gasteiger partial charge in [0, 0.05) is 22.4 Å². The Morgan fingerprint density at radius 3 is 2.71 bits per heavy atom. The summed E-state index contributed by atoms with van der Waals surface area (Å²) >= 11 is 3.73. The molecule has 2 aromatic rings. The quantitative estimate of drug-likeness (QED) is 0.676. The molecular formula is C18H23NS2. The van der Waals surface area contributed by atoms with E-state index in [9.17, 15) is 0 Å². The van der Waals surface area contributed by atoms with Crippen LogP contribution in [-0.4, -0.2) is 17.7 Å². The molecule has 0 amide bonds. The van der Waals surface area contributed by atoms with Crippen molar-refractivity contribution in [2.24, 2.45) is 0 Å². The first-order chi connectivity index (χ1) is 10.4. The molecule has 0 saturated carbocycles. The molecule has 1 aromatic heterocycles. The monoisotopic (exact) mass is 317 g/mol. The SMILES string of the molecule is CSc1ccc(CN2CCCCCC2c2cccs2)cc1. The summed E-state index contributed by atoms with van der Waals surface area (Å²) in [6, 6.07) is 14.2. The first kappa shape index (κ1) is 15.1. The van der Waals surface area contributed by atoms with E-state index in [4.69, 9.17) is 0 Å². The van der Waals surface area contributed by atoms with Gasteiger partial charge < -0.3 is 0 Å². The highest BCUT2D eigenvalue weighted by Gasteiger charge is 2.23. The van der Waals surface area contributed by atoms with Gasteiger partial charge in [0.1, 0.15) is 0 Å². The van der Waals surface area contributed by atoms with Gasteiger partial charge in [-0.2, -0.15) is 0 Å². The molecule has 0 spiro atoms. The minimum absolute atomic E-state index is 0.618. The molecule has 1 unspecified atom stereocenters. The minimum Gasteiger partial charge on any atom is -0.291 e. The van der Waals surface area contributed by atoms with Gasteiger partial charge in [-0.15, -0.1) is 23.1 Å². The molecule has 1 nitrogen and oxygen atoms in total. The Hall–Kier alpha value is -0.770. The third kappa shape index (κ3) is 3.91. The average Bonchev–Trinajstić information content (AvgIpc) is 2.96. The van der Waals surface area contributed by atoms with Gasteiger partial charge in [0.05, 0.1) is 0 Å². The van der Waals surface area contributed by atoms with Crippen LogP contribution in [-0.2, 0) is 6.54 Å². The number of likely N-dealkylation sites (tertiary alicyclic amines) is 1. The zero-order valence-electron chi connectivity index (χ0n) is 12.6. The van der Waals surface area contributed by atoms with Gasteiger partial charge in [-0.25, -0.2) is 0 Å². The van der Waals surface area contributed by atoms with Gasteiger partial charge in [0.15, 0.2) is 0 Å². The maximum Gasteiger partial charge on any atom is 0.0445 e. The second kappa shape index (κ2) is 7.48. The summed E-state index contributed by atoms with van der Waals surface area (Å²) in [5, 5.41) is 2.21. The number of nitrogens with zero attached hydrogens (tertiary/aromatic N) is 1. The van der Waals surface area contributed by atoms with Crippen LogP contribution in [0.15, 0.2) is 46.7 Å². The van der Waals surface area contributed by atoms with Crippen molar-refractivity contribution in [3.63, 3.8) is 0 Å². The molecule has 0 radical (unpaired) electrons. The molecule has 21 heavy (non-hydrogen) atoms. The van der Waals surface area contributed by atoms with Crippen molar-refractivity contribution < 1.29 is 0 Å². The zero-order chi connectivity index (χ0) is 14.5. The van der Waals surface area contributed by atoms with Gasteiger partial charge in [0.25, 0.3) is 0 Å². The van der Waals surface area contributed by atoms with Crippen LogP contribution in [0.1, 0.15) is 42.2 Å². The normalized spacial score (nSPS) is 20.3. The van der Waals surface area contributed by atoms with E-state index < -0.39 is 0 Å². The Kier molecular flexibility index (Phi) is 5.39. The molecule has 112 valence electrons. The van der Waals surface area contributed by atoms with Crippen molar-refractivity contribution in [2.75, 3.05) is 12.8 Å². The third-order valence-corrected chi connectivity index (χ3v) is 6.00. The van der Waals surface area contributed by atoms with E-state index in [1.54, 1.807) is 0 Å². The van der Waals surface area contributed by atoms with Crippen molar-refractivity contribution in [3.05, 3.63) is 52.2 Å². The van der Waals surface area contributed by atoms with Crippen molar-refractivity contribution in [2.45, 2.75) is 43.2 Å². The van der Waals surface area contributed by atoms with Crippen molar-refractivity contribution in [3.8, 4) is 0 Å². The van der Waals surface area contributed by atoms with E-state index in [1.807, 2.05) is 23.1 Å². The summed E-state index contributed by atoms with van der Waals surface area (Å²) in [5.74, 6) is 0. The van der Waals surface area contributed by atoms with Crippen LogP contribution in [0.3, 0.4) is 0 Å². The van der Waals surface area contributed by atoms with Gasteiger partial charge >= 0.3 is 0 Å². The lowest BCUT2D eigenvalue weighted by atomic mass is 10.1. The Morgan fingerprint density at radius 2 is 2.00 bits per heavy atom. The molecule has 0 aliphatic carbocycles. The molecule has 3 rings (SSSR count). The van der Waals surface area contributed by atoms with Crippen LogP contribution in [0.5, 0.6) is 0 Å². The summed E-state index contributed by atoms with van der Waals surface area (Å²) in [7, 11) is 0. The highest BCUT2D eigenvalue weighted by Crippen LogP contribution is 2.33. The summed E-state index contributed by atoms with van der Waals surface area (Å²) in [6.45, 7) is 2.31. The van der Waals surface area contributed by atoms with Gasteiger partial charge in [-0.1, -0.05) is 31.0 Å². The summed E-state index contributed by atoms with van der Waals surface area (Å²) in [6.07, 6.45) is 7.53. The number of hydrogen-bond donors (Lipinski definition) is 0. The van der Waals surface area contributed by atoms with Gasteiger partial charge in [-0.05, 0) is 54.8 Å². The molecule has 0 N–H and O–H groups in total. The number of rotatable bonds is 4. The molecule has 1 atom stereocenters. The number of hydrogen-bond acceptors (Lipinski definition) is 3. The van der Waals surface area contributed by atoms with Crippen molar-refractivity contribution in [1.29, 1.82) is 0 Å². The lowest BCUT2D eigenvalue weighted by Crippen LogP contribution is -2.27. The van der Waals surface area contributed by atoms with Gasteiger partial charge in [0.2, 0.25) is 0 Å². The van der Waals surface area contributed by atoms with E-state index in [-0.39, 0.29) is 0 Å². The second-order valence-corrected chi connectivity index (χ2v) is 7.56. The number of thioether (sulfide) groups is 1. The Balaban J connectivity index is 1.76. The highest BCUT2D eigenvalue weighted by atomic mass is 32.2. The van der Waals surface area contributed by atoms with E-state index >= 15 is 0 Å². The molecule has 1 aliphatic heterocycles. The predicted molar refractivity (Wildman–Crippen MR) is 94.2 cm³/mol. The van der Waals surface area contributed by atoms with Crippen LogP contribution in [0.4, 0.5) is 0 Å². The van der Waals surface area contributed by atoms with Crippen LogP contribution in [0.25, 0.3) is 0 Å². The molecular weight excluding hydrogens is 294 g/mol. The smallest absolute Gasteiger partial charge is 0.0445 e. The molecule has 2 heterocycles. The maximum atomic E-state index is 2.69. The predicted octanol–water partition coefficient (Wildman–Crippen LogP) is 5.59. The molecule has 1 aliphatic rings. The summed E-state index contributed by atoms with van der Waals surface area (Å²) in [5.41, 5.74) is 1.44. The fourth-order valence-electron chi connectivity index (χ4n) is 3.13. The van der Waals surface area contributed by atoms with E-state index in [1.165, 1.54) is 47.6 Å². The molecule has 1 aromatic carbocycles. The molecule has 0 bridgehead atoms. The van der Waals surface area contributed by atoms with Crippen LogP contribution in [0.2, 0.25) is 0 Å². The lowest BCUT2D eigenvalue weighted by molar-refractivity contribution is 0.195. The first-order valence-electron chi connectivity index (χ1n) is 7.77. The summed E-state index contributed by atoms with van der Waals surface area (Å²) < 4.78 is 0. The van der Waals surface area contributed by atoms with Crippen LogP contribution >= 0.6 is 23.1 Å². The van der Waals surface area contributed by atoms with E-state index in [0.717, 1.165) is 6.54 Å². The van der Waals surface area contributed by atoms with Crippen LogP contribution < -0.4 is 0 Å². The minimum atomic E-state index is 0.618. The van der Waals surface area contributed by atoms with E-state index in [0.29, 0.717) is 6.04 Å². The number of thiophene rings is 1. The third-order valence-electron chi connectivity index (χ3n) is 4.28. The Bertz CT molecular complexity index is 533. The highest BCUT2D eigenvalue weighted by molar-refractivity contribution is 7.98. The zero-order valence-corrected chi connectivity index (χ0v) is 14.3. The fourth-order valence-corrected chi connectivity index (χ4v) is 4.43. The maximum absolute atomic E-state index is 2.69. The standard InChI is InChI=1S/C18H23NS2/c1-20-16-10-8-15(9-11-16)14-19-12-4-2-3-6-17(19)18-7-5-13-21-18/h5,7-11,13,17H,2-4,6,12,14H2,1H3. The van der Waals surface area contributed by atoms with E-state index in [2.05, 4.69) is 52.9 Å². The van der Waals surface area contributed by atoms with Crippen LogP contribution in [0, 0.1) is 0 Å². The molecule has 1 saturated heterocycles. The Morgan fingerprint density at radius 1 is 1.14 bits per heavy atom. The largest absolute Gasteiger partial charge is 0.291 e. The van der Waals surface area contributed by atoms with Crippen molar-refractivity contribution >= 4 is 23.1 Å². The number of benzene rings is 1. The molecule has 3 heteroatoms. The van der Waals surface area contributed by atoms with Crippen molar-refractivity contribution in [1.82, 2.24) is 4.90 Å². The summed E-state index contributed by atoms with van der Waals surface area (Å²) in [4.78, 5) is 5.58. The Labute approximate surface area is 136 Å². The topological polar surface area (TPSA) is 3.24 Å². The second-order valence-electron chi connectivity index (χ2n) is 5.70.